The van der Waals surface area contributed by atoms with Crippen LogP contribution in [0, 0.1) is 5.41 Å². The molecular weight excluding hydrogens is 566 g/mol. The summed E-state index contributed by atoms with van der Waals surface area (Å²) in [6.07, 6.45) is 26.2. The quantitative estimate of drug-likeness (QED) is 0.0412. The average Bonchev–Trinajstić information content (AvgIpc) is 3.02. The maximum atomic E-state index is 12.8. The minimum Gasteiger partial charge on any atom is -0.465 e. The number of hydrogen-bond acceptors (Lipinski definition) is 7. The van der Waals surface area contributed by atoms with Gasteiger partial charge in [-0.05, 0) is 38.8 Å². The lowest BCUT2D eigenvalue weighted by Gasteiger charge is -2.40. The molecule has 0 bridgehead atoms. The summed E-state index contributed by atoms with van der Waals surface area (Å²) in [5, 5.41) is 0. The molecule has 7 nitrogen and oxygen atoms in total. The predicted molar refractivity (Wildman–Crippen MR) is 184 cm³/mol. The fraction of sp³-hybridized carbons (Fsp3) is 0.921. The van der Waals surface area contributed by atoms with Crippen LogP contribution in [0.1, 0.15) is 181 Å². The number of hydrogen-bond donors (Lipinski definition) is 0. The molecule has 1 saturated heterocycles. The smallest absolute Gasteiger partial charge is 0.305 e. The van der Waals surface area contributed by atoms with Crippen LogP contribution in [-0.4, -0.2) is 62.3 Å². The molecule has 45 heavy (non-hydrogen) atoms. The zero-order chi connectivity index (χ0) is 32.9. The Labute approximate surface area is 277 Å². The molecule has 0 aromatic rings. The van der Waals surface area contributed by atoms with Crippen molar-refractivity contribution >= 4 is 17.9 Å². The van der Waals surface area contributed by atoms with E-state index in [1.807, 2.05) is 0 Å². The standard InChI is InChI=1S/C38H71NO6/c1-4-7-10-13-16-19-22-26-35(40)43-32-38(31-39-29-25-30-39,33-44-36(41)27-23-20-17-14-11-8-5-2)34-45-37(42)28-24-21-18-15-12-9-6-3/h4-34H2,1-3H3. The van der Waals surface area contributed by atoms with E-state index in [-0.39, 0.29) is 37.7 Å². The number of carbonyl (C=O) groups is 3. The van der Waals surface area contributed by atoms with Crippen LogP contribution in [0.4, 0.5) is 0 Å². The first kappa shape index (κ1) is 41.4. The summed E-state index contributed by atoms with van der Waals surface area (Å²) in [4.78, 5) is 40.5. The second kappa shape index (κ2) is 28.6. The van der Waals surface area contributed by atoms with Gasteiger partial charge in [0.2, 0.25) is 0 Å². The van der Waals surface area contributed by atoms with Gasteiger partial charge in [-0.3, -0.25) is 14.4 Å². The van der Waals surface area contributed by atoms with E-state index in [0.29, 0.717) is 25.8 Å². The summed E-state index contributed by atoms with van der Waals surface area (Å²) in [5.74, 6) is -0.666. The van der Waals surface area contributed by atoms with Crippen LogP contribution in [0.25, 0.3) is 0 Å². The van der Waals surface area contributed by atoms with Crippen molar-refractivity contribution in [3.05, 3.63) is 0 Å². The second-order valence-electron chi connectivity index (χ2n) is 13.7. The van der Waals surface area contributed by atoms with Gasteiger partial charge < -0.3 is 19.1 Å². The van der Waals surface area contributed by atoms with E-state index < -0.39 is 5.41 Å². The van der Waals surface area contributed by atoms with Gasteiger partial charge in [-0.1, -0.05) is 136 Å². The molecule has 0 amide bonds. The molecule has 7 heteroatoms. The van der Waals surface area contributed by atoms with Crippen LogP contribution in [0.3, 0.4) is 0 Å². The van der Waals surface area contributed by atoms with Gasteiger partial charge in [-0.25, -0.2) is 0 Å². The summed E-state index contributed by atoms with van der Waals surface area (Å²) in [7, 11) is 0. The van der Waals surface area contributed by atoms with Gasteiger partial charge in [0.1, 0.15) is 19.8 Å². The molecule has 0 N–H and O–H groups in total. The number of ether oxygens (including phenoxy) is 3. The maximum absolute atomic E-state index is 12.8. The van der Waals surface area contributed by atoms with Crippen molar-refractivity contribution in [2.45, 2.75) is 181 Å². The summed E-state index contributed by atoms with van der Waals surface area (Å²) in [6.45, 7) is 9.40. The molecule has 0 radical (unpaired) electrons. The molecular formula is C38H71NO6. The zero-order valence-corrected chi connectivity index (χ0v) is 29.8. The summed E-state index contributed by atoms with van der Waals surface area (Å²) in [5.41, 5.74) is -0.762. The third-order valence-corrected chi connectivity index (χ3v) is 9.08. The highest BCUT2D eigenvalue weighted by Crippen LogP contribution is 2.26. The van der Waals surface area contributed by atoms with Crippen molar-refractivity contribution < 1.29 is 28.6 Å². The van der Waals surface area contributed by atoms with Crippen molar-refractivity contribution in [2.75, 3.05) is 39.5 Å². The number of esters is 3. The number of likely N-dealkylation sites (tertiary alicyclic amines) is 1. The Balaban J connectivity index is 2.67. The molecule has 0 saturated carbocycles. The molecule has 1 rings (SSSR count). The zero-order valence-electron chi connectivity index (χ0n) is 29.8. The normalized spacial score (nSPS) is 13.4. The van der Waals surface area contributed by atoms with Crippen LogP contribution in [0.5, 0.6) is 0 Å². The summed E-state index contributed by atoms with van der Waals surface area (Å²) >= 11 is 0. The lowest BCUT2D eigenvalue weighted by Crippen LogP contribution is -2.52. The van der Waals surface area contributed by atoms with Crippen LogP contribution < -0.4 is 0 Å². The van der Waals surface area contributed by atoms with Gasteiger partial charge in [-0.2, -0.15) is 0 Å². The average molecular weight is 638 g/mol. The van der Waals surface area contributed by atoms with Gasteiger partial charge in [0.05, 0.1) is 5.41 Å². The van der Waals surface area contributed by atoms with Gasteiger partial charge in [0, 0.05) is 25.8 Å². The van der Waals surface area contributed by atoms with Crippen LogP contribution in [-0.2, 0) is 28.6 Å². The number of nitrogens with zero attached hydrogens (tertiary/aromatic N) is 1. The number of rotatable bonds is 32. The maximum Gasteiger partial charge on any atom is 0.305 e. The lowest BCUT2D eigenvalue weighted by molar-refractivity contribution is -0.164. The van der Waals surface area contributed by atoms with E-state index in [1.54, 1.807) is 0 Å². The molecule has 0 aliphatic carbocycles. The van der Waals surface area contributed by atoms with Crippen molar-refractivity contribution in [3.63, 3.8) is 0 Å². The Morgan fingerprint density at radius 3 is 1.02 bits per heavy atom. The van der Waals surface area contributed by atoms with Gasteiger partial charge >= 0.3 is 17.9 Å². The molecule has 1 aliphatic heterocycles. The van der Waals surface area contributed by atoms with Gasteiger partial charge in [0.15, 0.2) is 0 Å². The molecule has 0 aromatic heterocycles. The van der Waals surface area contributed by atoms with E-state index in [1.165, 1.54) is 77.0 Å². The van der Waals surface area contributed by atoms with Crippen molar-refractivity contribution in [2.24, 2.45) is 5.41 Å². The molecule has 0 spiro atoms. The molecule has 1 aliphatic rings. The fourth-order valence-corrected chi connectivity index (χ4v) is 5.87. The minimum absolute atomic E-state index is 0.0915. The predicted octanol–water partition coefficient (Wildman–Crippen LogP) is 9.73. The summed E-state index contributed by atoms with van der Waals surface area (Å²) in [6, 6.07) is 0. The van der Waals surface area contributed by atoms with Crippen LogP contribution in [0.2, 0.25) is 0 Å². The molecule has 0 unspecified atom stereocenters. The van der Waals surface area contributed by atoms with Gasteiger partial charge in [-0.15, -0.1) is 0 Å². The van der Waals surface area contributed by atoms with E-state index in [9.17, 15) is 14.4 Å². The Kier molecular flexibility index (Phi) is 26.3. The first-order chi connectivity index (χ1) is 21.9. The Morgan fingerprint density at radius 2 is 0.756 bits per heavy atom. The third-order valence-electron chi connectivity index (χ3n) is 9.08. The molecule has 264 valence electrons. The van der Waals surface area contributed by atoms with Gasteiger partial charge in [0.25, 0.3) is 0 Å². The van der Waals surface area contributed by atoms with Crippen molar-refractivity contribution in [3.8, 4) is 0 Å². The molecule has 0 atom stereocenters. The molecule has 1 heterocycles. The lowest BCUT2D eigenvalue weighted by atomic mass is 9.89. The third kappa shape index (κ3) is 23.4. The van der Waals surface area contributed by atoms with Crippen molar-refractivity contribution in [1.82, 2.24) is 4.90 Å². The molecule has 1 fully saturated rings. The largest absolute Gasteiger partial charge is 0.465 e. The Hall–Kier alpha value is -1.63. The van der Waals surface area contributed by atoms with Crippen LogP contribution in [0.15, 0.2) is 0 Å². The highest BCUT2D eigenvalue weighted by Gasteiger charge is 2.39. The second-order valence-corrected chi connectivity index (χ2v) is 13.7. The Bertz CT molecular complexity index is 654. The fourth-order valence-electron chi connectivity index (χ4n) is 5.87. The monoisotopic (exact) mass is 638 g/mol. The van der Waals surface area contributed by atoms with E-state index in [0.717, 1.165) is 77.3 Å². The van der Waals surface area contributed by atoms with E-state index >= 15 is 0 Å². The minimum atomic E-state index is -0.762. The Morgan fingerprint density at radius 1 is 0.467 bits per heavy atom. The first-order valence-electron chi connectivity index (χ1n) is 19.1. The first-order valence-corrected chi connectivity index (χ1v) is 19.1. The highest BCUT2D eigenvalue weighted by molar-refractivity contribution is 5.70. The van der Waals surface area contributed by atoms with E-state index in [2.05, 4.69) is 25.7 Å². The number of unbranched alkanes of at least 4 members (excludes halogenated alkanes) is 18. The molecule has 0 aromatic carbocycles. The summed E-state index contributed by atoms with van der Waals surface area (Å²) < 4.78 is 17.5. The van der Waals surface area contributed by atoms with Crippen LogP contribution >= 0.6 is 0 Å². The topological polar surface area (TPSA) is 82.1 Å². The SMILES string of the molecule is CCCCCCCCCC(=O)OCC(COC(=O)CCCCCCCCC)(COC(=O)CCCCCCCCC)CN1CCC1. The van der Waals surface area contributed by atoms with E-state index in [4.69, 9.17) is 14.2 Å². The number of carbonyl (C=O) groups excluding carboxylic acids is 3. The van der Waals surface area contributed by atoms with Crippen molar-refractivity contribution in [1.29, 1.82) is 0 Å². The highest BCUT2D eigenvalue weighted by atomic mass is 16.6.